The van der Waals surface area contributed by atoms with Gasteiger partial charge in [0.2, 0.25) is 0 Å². The largest absolute Gasteiger partial charge is 0.228 e. The van der Waals surface area contributed by atoms with E-state index in [2.05, 4.69) is 159 Å². The second-order valence-corrected chi connectivity index (χ2v) is 13.4. The molecule has 0 spiro atoms. The van der Waals surface area contributed by atoms with Gasteiger partial charge >= 0.3 is 0 Å². The van der Waals surface area contributed by atoms with Gasteiger partial charge in [0.25, 0.3) is 0 Å². The molecule has 232 valence electrons. The molecule has 1 aliphatic rings. The van der Waals surface area contributed by atoms with E-state index in [1.54, 1.807) is 0 Å². The number of nitrogens with zero attached hydrogens (tertiary/aromatic N) is 2. The quantitative estimate of drug-likeness (QED) is 0.190. The number of aromatic nitrogens is 2. The number of hydrogen-bond acceptors (Lipinski definition) is 2. The van der Waals surface area contributed by atoms with Gasteiger partial charge in [0, 0.05) is 22.1 Å². The summed E-state index contributed by atoms with van der Waals surface area (Å²) in [7, 11) is 0. The molecule has 0 amide bonds. The van der Waals surface area contributed by atoms with E-state index in [1.165, 1.54) is 49.7 Å². The number of rotatable bonds is 5. The molecule has 8 aromatic rings. The molecule has 49 heavy (non-hydrogen) atoms. The summed E-state index contributed by atoms with van der Waals surface area (Å²) in [5.74, 6) is 0.722. The van der Waals surface area contributed by atoms with Crippen molar-refractivity contribution in [2.24, 2.45) is 0 Å². The van der Waals surface area contributed by atoms with Crippen molar-refractivity contribution >= 4 is 10.8 Å². The normalized spacial score (nSPS) is 12.9. The average Bonchev–Trinajstić information content (AvgIpc) is 3.42. The molecule has 0 saturated heterocycles. The Morgan fingerprint density at radius 1 is 0.388 bits per heavy atom. The van der Waals surface area contributed by atoms with Crippen LogP contribution in [0.1, 0.15) is 25.0 Å². The highest BCUT2D eigenvalue weighted by atomic mass is 14.9. The Labute approximate surface area is 287 Å². The zero-order chi connectivity index (χ0) is 33.0. The van der Waals surface area contributed by atoms with Gasteiger partial charge in [-0.3, -0.25) is 0 Å². The summed E-state index contributed by atoms with van der Waals surface area (Å²) >= 11 is 0. The minimum Gasteiger partial charge on any atom is -0.228 e. The van der Waals surface area contributed by atoms with Crippen LogP contribution < -0.4 is 0 Å². The van der Waals surface area contributed by atoms with Crippen molar-refractivity contribution in [3.05, 3.63) is 181 Å². The van der Waals surface area contributed by atoms with Crippen molar-refractivity contribution in [3.63, 3.8) is 0 Å². The lowest BCUT2D eigenvalue weighted by molar-refractivity contribution is 0.661. The summed E-state index contributed by atoms with van der Waals surface area (Å²) in [4.78, 5) is 10.0. The Morgan fingerprint density at radius 2 is 0.980 bits per heavy atom. The Morgan fingerprint density at radius 3 is 1.76 bits per heavy atom. The molecule has 0 aliphatic heterocycles. The number of fused-ring (bicyclic) bond motifs is 5. The molecule has 0 atom stereocenters. The van der Waals surface area contributed by atoms with Crippen LogP contribution in [0.25, 0.3) is 78.1 Å². The van der Waals surface area contributed by atoms with Crippen molar-refractivity contribution in [1.29, 1.82) is 0 Å². The van der Waals surface area contributed by atoms with Gasteiger partial charge in [-0.25, -0.2) is 9.97 Å². The molecular weight excluding hydrogens is 593 g/mol. The minimum absolute atomic E-state index is 0.0627. The van der Waals surface area contributed by atoms with Crippen molar-refractivity contribution in [2.75, 3.05) is 0 Å². The maximum absolute atomic E-state index is 5.06. The lowest BCUT2D eigenvalue weighted by Gasteiger charge is -2.21. The summed E-state index contributed by atoms with van der Waals surface area (Å²) in [5, 5.41) is 2.61. The molecule has 1 aromatic heterocycles. The van der Waals surface area contributed by atoms with Gasteiger partial charge in [0.05, 0.1) is 11.4 Å². The van der Waals surface area contributed by atoms with E-state index < -0.39 is 0 Å². The second kappa shape index (κ2) is 11.5. The predicted octanol–water partition coefficient (Wildman–Crippen LogP) is 12.3. The lowest BCUT2D eigenvalue weighted by Crippen LogP contribution is -2.14. The molecule has 9 rings (SSSR count). The molecule has 0 fully saturated rings. The monoisotopic (exact) mass is 626 g/mol. The van der Waals surface area contributed by atoms with Crippen LogP contribution in [-0.2, 0) is 5.41 Å². The first kappa shape index (κ1) is 29.1. The molecule has 1 aliphatic carbocycles. The smallest absolute Gasteiger partial charge is 0.160 e. The van der Waals surface area contributed by atoms with E-state index in [1.807, 2.05) is 24.3 Å². The molecule has 2 heteroatoms. The average molecular weight is 627 g/mol. The molecule has 0 saturated carbocycles. The van der Waals surface area contributed by atoms with Crippen LogP contribution >= 0.6 is 0 Å². The van der Waals surface area contributed by atoms with E-state index >= 15 is 0 Å². The topological polar surface area (TPSA) is 25.8 Å². The van der Waals surface area contributed by atoms with Crippen molar-refractivity contribution in [3.8, 4) is 67.3 Å². The molecule has 0 radical (unpaired) electrons. The lowest BCUT2D eigenvalue weighted by atomic mass is 9.81. The molecule has 7 aromatic carbocycles. The fourth-order valence-electron chi connectivity index (χ4n) is 7.56. The van der Waals surface area contributed by atoms with Crippen LogP contribution in [0.15, 0.2) is 170 Å². The minimum atomic E-state index is -0.0627. The molecule has 0 bridgehead atoms. The Bertz CT molecular complexity index is 2440. The summed E-state index contributed by atoms with van der Waals surface area (Å²) in [6.45, 7) is 4.71. The standard InChI is InChI=1S/C47H34N2/c1-47(2)40-22-12-21-39(44(40)45-38-20-10-9-13-32(38)27-28-41(45)47)33-25-23-31(24-26-33)36-18-11-19-37(29-36)43-30-42(34-14-5-3-6-15-34)48-46(49-43)35-16-7-4-8-17-35/h3-30H,1-2H3. The zero-order valence-electron chi connectivity index (χ0n) is 27.6. The van der Waals surface area contributed by atoms with E-state index in [4.69, 9.17) is 9.97 Å². The van der Waals surface area contributed by atoms with Gasteiger partial charge in [-0.1, -0.05) is 172 Å². The highest BCUT2D eigenvalue weighted by Gasteiger charge is 2.37. The van der Waals surface area contributed by atoms with Crippen molar-refractivity contribution in [2.45, 2.75) is 19.3 Å². The van der Waals surface area contributed by atoms with Gasteiger partial charge < -0.3 is 0 Å². The van der Waals surface area contributed by atoms with Crippen LogP contribution in [0.2, 0.25) is 0 Å². The van der Waals surface area contributed by atoms with E-state index in [0.717, 1.165) is 39.5 Å². The van der Waals surface area contributed by atoms with E-state index in [9.17, 15) is 0 Å². The first-order valence-corrected chi connectivity index (χ1v) is 16.9. The van der Waals surface area contributed by atoms with Crippen molar-refractivity contribution in [1.82, 2.24) is 9.97 Å². The van der Waals surface area contributed by atoms with Crippen LogP contribution in [0, 0.1) is 0 Å². The first-order valence-electron chi connectivity index (χ1n) is 16.9. The summed E-state index contributed by atoms with van der Waals surface area (Å²) < 4.78 is 0. The fraction of sp³-hybridized carbons (Fsp3) is 0.0638. The predicted molar refractivity (Wildman–Crippen MR) is 204 cm³/mol. The highest BCUT2D eigenvalue weighted by Crippen LogP contribution is 2.54. The SMILES string of the molecule is CC1(C)c2cccc(-c3ccc(-c4cccc(-c5cc(-c6ccccc6)nc(-c6ccccc6)n5)c4)cc3)c2-c2c1ccc1ccccc21. The molecule has 2 nitrogen and oxygen atoms in total. The molecule has 0 N–H and O–H groups in total. The van der Waals surface area contributed by atoms with E-state index in [-0.39, 0.29) is 5.41 Å². The summed E-state index contributed by atoms with van der Waals surface area (Å²) in [6, 6.07) is 60.6. The van der Waals surface area contributed by atoms with Crippen LogP contribution in [0.3, 0.4) is 0 Å². The third kappa shape index (κ3) is 4.96. The van der Waals surface area contributed by atoms with Gasteiger partial charge in [-0.2, -0.15) is 0 Å². The maximum Gasteiger partial charge on any atom is 0.160 e. The third-order valence-electron chi connectivity index (χ3n) is 10.1. The summed E-state index contributed by atoms with van der Waals surface area (Å²) in [6.07, 6.45) is 0. The van der Waals surface area contributed by atoms with Gasteiger partial charge in [0.15, 0.2) is 5.82 Å². The van der Waals surface area contributed by atoms with Crippen LogP contribution in [-0.4, -0.2) is 9.97 Å². The third-order valence-corrected chi connectivity index (χ3v) is 10.1. The fourth-order valence-corrected chi connectivity index (χ4v) is 7.56. The van der Waals surface area contributed by atoms with Crippen LogP contribution in [0.4, 0.5) is 0 Å². The van der Waals surface area contributed by atoms with Gasteiger partial charge in [-0.05, 0) is 67.4 Å². The first-order chi connectivity index (χ1) is 24.0. The maximum atomic E-state index is 5.06. The van der Waals surface area contributed by atoms with Gasteiger partial charge in [-0.15, -0.1) is 0 Å². The zero-order valence-corrected chi connectivity index (χ0v) is 27.6. The highest BCUT2D eigenvalue weighted by molar-refractivity contribution is 6.06. The Hall–Kier alpha value is -6.12. The van der Waals surface area contributed by atoms with Crippen molar-refractivity contribution < 1.29 is 0 Å². The summed E-state index contributed by atoms with van der Waals surface area (Å²) in [5.41, 5.74) is 15.2. The molecule has 1 heterocycles. The Balaban J connectivity index is 1.11. The molecular formula is C47H34N2. The van der Waals surface area contributed by atoms with E-state index in [0.29, 0.717) is 0 Å². The Kier molecular flexibility index (Phi) is 6.84. The molecule has 0 unspecified atom stereocenters. The second-order valence-electron chi connectivity index (χ2n) is 13.4. The number of benzene rings is 7. The van der Waals surface area contributed by atoms with Crippen LogP contribution in [0.5, 0.6) is 0 Å². The van der Waals surface area contributed by atoms with Gasteiger partial charge in [0.1, 0.15) is 0 Å². The number of hydrogen-bond donors (Lipinski definition) is 0.